The molecule has 0 fully saturated rings. The summed E-state index contributed by atoms with van der Waals surface area (Å²) in [5.41, 5.74) is 5.45. The van der Waals surface area contributed by atoms with Crippen LogP contribution in [0.25, 0.3) is 16.8 Å². The molecule has 1 aliphatic heterocycles. The first-order valence-electron chi connectivity index (χ1n) is 10.2. The summed E-state index contributed by atoms with van der Waals surface area (Å²) in [5.74, 6) is 0. The van der Waals surface area contributed by atoms with E-state index in [0.29, 0.717) is 0 Å². The molecule has 0 atom stereocenters. The first-order chi connectivity index (χ1) is 13.9. The molecule has 0 N–H and O–H groups in total. The third kappa shape index (κ3) is 3.73. The molecule has 150 valence electrons. The van der Waals surface area contributed by atoms with E-state index < -0.39 is 0 Å². The molecule has 3 heteroatoms. The predicted molar refractivity (Wildman–Crippen MR) is 139 cm³/mol. The zero-order chi connectivity index (χ0) is 20.6. The van der Waals surface area contributed by atoms with E-state index in [1.54, 1.807) is 3.51 Å². The third-order valence-corrected chi connectivity index (χ3v) is 9.69. The standard InChI is InChI=1S/C26H29IN2/c1-6-29-25-22-10-8-7-9-20(22)14-17-23(25)26(2,3)24(27-29)18-13-19-11-15-21(16-12-19)28(4)5/h7-18H,6H2,1-5H3. The Morgan fingerprint density at radius 3 is 2.34 bits per heavy atom. The molecular formula is C26H29IN2. The van der Waals surface area contributed by atoms with Crippen LogP contribution in [0.1, 0.15) is 31.9 Å². The maximum Gasteiger partial charge on any atom is 0.0572 e. The number of nitrogens with zero attached hydrogens (tertiary/aromatic N) is 2. The molecule has 0 saturated heterocycles. The molecule has 0 unspecified atom stereocenters. The highest BCUT2D eigenvalue weighted by molar-refractivity contribution is 14.2. The second-order valence-electron chi connectivity index (χ2n) is 8.24. The number of hydrogen-bond acceptors (Lipinski definition) is 2. The van der Waals surface area contributed by atoms with Crippen molar-refractivity contribution < 1.29 is 0 Å². The maximum atomic E-state index is 2.64. The molecule has 1 heterocycles. The van der Waals surface area contributed by atoms with Gasteiger partial charge in [0.1, 0.15) is 0 Å². The number of allylic oxidation sites excluding steroid dienone is 1. The lowest BCUT2D eigenvalue weighted by Gasteiger charge is -2.38. The first-order valence-corrected chi connectivity index (χ1v) is 12.2. The van der Waals surface area contributed by atoms with Gasteiger partial charge < -0.3 is 8.01 Å². The minimum Gasteiger partial charge on any atom is -0.378 e. The van der Waals surface area contributed by atoms with E-state index in [9.17, 15) is 0 Å². The molecule has 0 saturated carbocycles. The molecule has 0 aliphatic carbocycles. The minimum atomic E-state index is -0.231. The molecule has 0 spiro atoms. The Balaban J connectivity index is 1.75. The van der Waals surface area contributed by atoms with Crippen molar-refractivity contribution in [3.63, 3.8) is 0 Å². The zero-order valence-corrected chi connectivity index (χ0v) is 20.1. The molecule has 0 radical (unpaired) electrons. The monoisotopic (exact) mass is 496 g/mol. The summed E-state index contributed by atoms with van der Waals surface area (Å²) in [5, 5.41) is 2.73. The van der Waals surface area contributed by atoms with Gasteiger partial charge in [0.15, 0.2) is 0 Å². The summed E-state index contributed by atoms with van der Waals surface area (Å²) in [6, 6.07) is 22.2. The van der Waals surface area contributed by atoms with E-state index >= 15 is 0 Å². The van der Waals surface area contributed by atoms with Gasteiger partial charge in [0.05, 0.1) is 5.69 Å². The van der Waals surface area contributed by atoms with Crippen molar-refractivity contribution in [2.24, 2.45) is 0 Å². The van der Waals surface area contributed by atoms with Crippen molar-refractivity contribution in [1.29, 1.82) is 0 Å². The van der Waals surface area contributed by atoms with Crippen molar-refractivity contribution in [3.8, 4) is 0 Å². The highest BCUT2D eigenvalue weighted by Crippen LogP contribution is 2.46. The normalized spacial score (nSPS) is 15.8. The maximum absolute atomic E-state index is 2.64. The van der Waals surface area contributed by atoms with Crippen molar-refractivity contribution in [1.82, 2.24) is 0 Å². The van der Waals surface area contributed by atoms with Gasteiger partial charge >= 0.3 is 0 Å². The van der Waals surface area contributed by atoms with Crippen LogP contribution in [-0.4, -0.2) is 24.1 Å². The smallest absolute Gasteiger partial charge is 0.0572 e. The Morgan fingerprint density at radius 1 is 0.931 bits per heavy atom. The van der Waals surface area contributed by atoms with E-state index in [-0.39, 0.29) is 26.4 Å². The largest absolute Gasteiger partial charge is 0.378 e. The van der Waals surface area contributed by atoms with Crippen LogP contribution >= 0.6 is 21.0 Å². The van der Waals surface area contributed by atoms with Gasteiger partial charge in [0.2, 0.25) is 0 Å². The fraction of sp³-hybridized carbons (Fsp3) is 0.269. The van der Waals surface area contributed by atoms with Gasteiger partial charge in [-0.05, 0) is 35.6 Å². The van der Waals surface area contributed by atoms with Crippen molar-refractivity contribution in [3.05, 3.63) is 77.9 Å². The van der Waals surface area contributed by atoms with Crippen molar-refractivity contribution in [2.45, 2.75) is 26.2 Å². The molecule has 2 nitrogen and oxygen atoms in total. The Labute approximate surface area is 184 Å². The fourth-order valence-corrected chi connectivity index (χ4v) is 6.88. The molecule has 0 bridgehead atoms. The molecule has 0 aromatic heterocycles. The second kappa shape index (κ2) is 7.94. The lowest BCUT2D eigenvalue weighted by atomic mass is 9.79. The summed E-state index contributed by atoms with van der Waals surface area (Å²) in [7, 11) is 4.16. The van der Waals surface area contributed by atoms with Gasteiger partial charge in [-0.1, -0.05) is 74.5 Å². The van der Waals surface area contributed by atoms with Crippen LogP contribution in [-0.2, 0) is 5.41 Å². The summed E-state index contributed by atoms with van der Waals surface area (Å²) in [6.45, 7) is 8.12. The van der Waals surface area contributed by atoms with Gasteiger partial charge in [-0.15, -0.1) is 0 Å². The quantitative estimate of drug-likeness (QED) is 0.290. The molecule has 29 heavy (non-hydrogen) atoms. The average molecular weight is 496 g/mol. The van der Waals surface area contributed by atoms with Gasteiger partial charge in [-0.25, -0.2) is 0 Å². The number of fused-ring (bicyclic) bond motifs is 3. The van der Waals surface area contributed by atoms with Crippen LogP contribution in [0.15, 0.2) is 66.7 Å². The van der Waals surface area contributed by atoms with Crippen LogP contribution < -0.4 is 8.01 Å². The average Bonchev–Trinajstić information content (AvgIpc) is 2.73. The number of halogens is 1. The van der Waals surface area contributed by atoms with Gasteiger partial charge in [-0.2, -0.15) is 0 Å². The topological polar surface area (TPSA) is 6.48 Å². The molecule has 3 aromatic rings. The van der Waals surface area contributed by atoms with Gasteiger partial charge in [0.25, 0.3) is 0 Å². The van der Waals surface area contributed by atoms with Crippen LogP contribution in [0.2, 0.25) is 0 Å². The zero-order valence-electron chi connectivity index (χ0n) is 17.9. The highest BCUT2D eigenvalue weighted by Gasteiger charge is 2.34. The third-order valence-electron chi connectivity index (χ3n) is 5.72. The molecular weight excluding hydrogens is 467 g/mol. The Bertz CT molecular complexity index is 1090. The Kier molecular flexibility index (Phi) is 5.52. The lowest BCUT2D eigenvalue weighted by Crippen LogP contribution is -2.33. The summed E-state index contributed by atoms with van der Waals surface area (Å²) in [4.78, 5) is 2.14. The minimum absolute atomic E-state index is 0.0540. The summed E-state index contributed by atoms with van der Waals surface area (Å²) < 4.78 is 4.20. The van der Waals surface area contributed by atoms with E-state index in [4.69, 9.17) is 0 Å². The SMILES string of the molecule is CCN1I=C(C=Cc2ccc(N(C)C)cc2)C(C)(C)c2ccc3ccccc3c21. The van der Waals surface area contributed by atoms with Crippen LogP contribution in [0.3, 0.4) is 0 Å². The Hall–Kier alpha value is -2.14. The summed E-state index contributed by atoms with van der Waals surface area (Å²) >= 11 is -0.231. The molecule has 4 rings (SSSR count). The Morgan fingerprint density at radius 2 is 1.66 bits per heavy atom. The number of anilines is 2. The highest BCUT2D eigenvalue weighted by atomic mass is 127. The van der Waals surface area contributed by atoms with E-state index in [1.807, 2.05) is 0 Å². The van der Waals surface area contributed by atoms with Crippen LogP contribution in [0.4, 0.5) is 11.4 Å². The van der Waals surface area contributed by atoms with E-state index in [2.05, 4.69) is 116 Å². The van der Waals surface area contributed by atoms with Crippen LogP contribution in [0.5, 0.6) is 0 Å². The lowest BCUT2D eigenvalue weighted by molar-refractivity contribution is 0.733. The van der Waals surface area contributed by atoms with E-state index in [1.165, 1.54) is 33.3 Å². The first kappa shape index (κ1) is 20.1. The summed E-state index contributed by atoms with van der Waals surface area (Å²) in [6.07, 6.45) is 4.68. The van der Waals surface area contributed by atoms with Gasteiger partial charge in [-0.3, -0.25) is 0 Å². The fourth-order valence-electron chi connectivity index (χ4n) is 3.91. The van der Waals surface area contributed by atoms with Crippen molar-refractivity contribution >= 4 is 52.7 Å². The second-order valence-corrected chi connectivity index (χ2v) is 11.0. The number of hydrogen-bond donors (Lipinski definition) is 0. The number of rotatable bonds is 4. The molecule has 1 aliphatic rings. The van der Waals surface area contributed by atoms with E-state index in [0.717, 1.165) is 6.54 Å². The molecule has 3 aromatic carbocycles. The predicted octanol–water partition coefficient (Wildman–Crippen LogP) is 6.79. The van der Waals surface area contributed by atoms with Crippen molar-refractivity contribution in [2.75, 3.05) is 28.7 Å². The molecule has 0 amide bonds. The number of benzene rings is 3. The van der Waals surface area contributed by atoms with Gasteiger partial charge in [0, 0.05) is 61.6 Å². The van der Waals surface area contributed by atoms with Crippen LogP contribution in [0, 0.1) is 0 Å².